The third kappa shape index (κ3) is 6.33. The molecule has 0 atom stereocenters. The van der Waals surface area contributed by atoms with Crippen LogP contribution in [0.1, 0.15) is 76.6 Å². The van der Waals surface area contributed by atoms with Crippen molar-refractivity contribution in [3.63, 3.8) is 0 Å². The number of benzene rings is 1. The summed E-state index contributed by atoms with van der Waals surface area (Å²) in [4.78, 5) is 12.4. The zero-order valence-corrected chi connectivity index (χ0v) is 18.8. The summed E-state index contributed by atoms with van der Waals surface area (Å²) in [7, 11) is 0. The Morgan fingerprint density at radius 2 is 1.90 bits per heavy atom. The standard InChI is InChI=1S/C23H34N4OS/c1-4-27-21(15-10-18-8-6-5-7-9-18)25-26-23(27)29-16-22(28)24-20-13-11-19(12-14-20)17(2)3/h11-14,17-18H,4-10,15-16H2,1-3H3,(H,24,28). The van der Waals surface area contributed by atoms with E-state index in [1.54, 1.807) is 0 Å². The number of anilines is 1. The van der Waals surface area contributed by atoms with Crippen molar-refractivity contribution in [1.29, 1.82) is 0 Å². The minimum atomic E-state index is -0.0123. The lowest BCUT2D eigenvalue weighted by molar-refractivity contribution is -0.113. The molecule has 1 fully saturated rings. The Morgan fingerprint density at radius 1 is 1.17 bits per heavy atom. The van der Waals surface area contributed by atoms with E-state index in [1.807, 2.05) is 12.1 Å². The van der Waals surface area contributed by atoms with E-state index in [-0.39, 0.29) is 5.91 Å². The van der Waals surface area contributed by atoms with Gasteiger partial charge in [0.1, 0.15) is 5.82 Å². The number of carbonyl (C=O) groups excluding carboxylic acids is 1. The first kappa shape index (κ1) is 21.9. The molecule has 1 aliphatic rings. The van der Waals surface area contributed by atoms with Crippen LogP contribution < -0.4 is 5.32 Å². The highest BCUT2D eigenvalue weighted by Gasteiger charge is 2.17. The molecule has 0 aliphatic heterocycles. The fourth-order valence-electron chi connectivity index (χ4n) is 4.02. The molecule has 1 aromatic heterocycles. The van der Waals surface area contributed by atoms with E-state index in [2.05, 4.69) is 53.0 Å². The molecule has 0 saturated heterocycles. The van der Waals surface area contributed by atoms with Crippen LogP contribution in [0, 0.1) is 5.92 Å². The van der Waals surface area contributed by atoms with E-state index >= 15 is 0 Å². The molecule has 5 nitrogen and oxygen atoms in total. The predicted octanol–water partition coefficient (Wildman–Crippen LogP) is 5.67. The van der Waals surface area contributed by atoms with Crippen molar-refractivity contribution >= 4 is 23.4 Å². The Bertz CT molecular complexity index is 779. The molecule has 0 radical (unpaired) electrons. The van der Waals surface area contributed by atoms with Gasteiger partial charge in [-0.2, -0.15) is 0 Å². The van der Waals surface area contributed by atoms with Crippen molar-refractivity contribution in [2.45, 2.75) is 83.3 Å². The summed E-state index contributed by atoms with van der Waals surface area (Å²) in [6, 6.07) is 8.07. The van der Waals surface area contributed by atoms with Gasteiger partial charge >= 0.3 is 0 Å². The topological polar surface area (TPSA) is 59.8 Å². The molecule has 1 heterocycles. The molecule has 3 rings (SSSR count). The van der Waals surface area contributed by atoms with Crippen LogP contribution in [0.3, 0.4) is 0 Å². The molecule has 29 heavy (non-hydrogen) atoms. The fraction of sp³-hybridized carbons (Fsp3) is 0.609. The Hall–Kier alpha value is -1.82. The average Bonchev–Trinajstić information content (AvgIpc) is 3.13. The third-order valence-electron chi connectivity index (χ3n) is 5.80. The summed E-state index contributed by atoms with van der Waals surface area (Å²) < 4.78 is 2.16. The smallest absolute Gasteiger partial charge is 0.234 e. The molecule has 0 spiro atoms. The molecule has 158 valence electrons. The Labute approximate surface area is 179 Å². The van der Waals surface area contributed by atoms with Crippen molar-refractivity contribution in [3.8, 4) is 0 Å². The lowest BCUT2D eigenvalue weighted by Gasteiger charge is -2.21. The second-order valence-electron chi connectivity index (χ2n) is 8.30. The van der Waals surface area contributed by atoms with Crippen LogP contribution in [-0.4, -0.2) is 26.4 Å². The summed E-state index contributed by atoms with van der Waals surface area (Å²) >= 11 is 1.47. The van der Waals surface area contributed by atoms with Gasteiger partial charge in [-0.15, -0.1) is 10.2 Å². The first-order valence-corrected chi connectivity index (χ1v) is 12.0. The molecule has 0 bridgehead atoms. The van der Waals surface area contributed by atoms with E-state index in [0.29, 0.717) is 11.7 Å². The summed E-state index contributed by atoms with van der Waals surface area (Å²) in [5, 5.41) is 12.6. The van der Waals surface area contributed by atoms with E-state index in [4.69, 9.17) is 0 Å². The summed E-state index contributed by atoms with van der Waals surface area (Å²) in [5.41, 5.74) is 2.11. The molecule has 1 aromatic carbocycles. The number of nitrogens with one attached hydrogen (secondary N) is 1. The SMILES string of the molecule is CCn1c(CCC2CCCCC2)nnc1SCC(=O)Nc1ccc(C(C)C)cc1. The zero-order valence-electron chi connectivity index (χ0n) is 18.0. The van der Waals surface area contributed by atoms with Crippen molar-refractivity contribution in [1.82, 2.24) is 14.8 Å². The van der Waals surface area contributed by atoms with Gasteiger partial charge < -0.3 is 9.88 Å². The van der Waals surface area contributed by atoms with Gasteiger partial charge in [-0.1, -0.05) is 69.8 Å². The van der Waals surface area contributed by atoms with Crippen molar-refractivity contribution in [3.05, 3.63) is 35.7 Å². The van der Waals surface area contributed by atoms with Gasteiger partial charge in [-0.25, -0.2) is 0 Å². The van der Waals surface area contributed by atoms with Crippen LogP contribution in [0.2, 0.25) is 0 Å². The van der Waals surface area contributed by atoms with Gasteiger partial charge in [0.15, 0.2) is 5.16 Å². The molecular formula is C23H34N4OS. The number of thioether (sulfide) groups is 1. The maximum absolute atomic E-state index is 12.4. The van der Waals surface area contributed by atoms with Crippen LogP contribution in [0.4, 0.5) is 5.69 Å². The second-order valence-corrected chi connectivity index (χ2v) is 9.24. The lowest BCUT2D eigenvalue weighted by Crippen LogP contribution is -2.15. The van der Waals surface area contributed by atoms with Gasteiger partial charge in [-0.3, -0.25) is 4.79 Å². The molecule has 1 aliphatic carbocycles. The molecular weight excluding hydrogens is 380 g/mol. The maximum atomic E-state index is 12.4. The molecule has 2 aromatic rings. The number of nitrogens with zero attached hydrogens (tertiary/aromatic N) is 3. The van der Waals surface area contributed by atoms with Crippen LogP contribution >= 0.6 is 11.8 Å². The second kappa shape index (κ2) is 10.8. The number of aryl methyl sites for hydroxylation is 1. The van der Waals surface area contributed by atoms with Crippen LogP contribution in [0.15, 0.2) is 29.4 Å². The van der Waals surface area contributed by atoms with E-state index in [1.165, 1.54) is 55.9 Å². The minimum Gasteiger partial charge on any atom is -0.325 e. The highest BCUT2D eigenvalue weighted by atomic mass is 32.2. The summed E-state index contributed by atoms with van der Waals surface area (Å²) in [6.07, 6.45) is 9.06. The number of hydrogen-bond acceptors (Lipinski definition) is 4. The number of aromatic nitrogens is 3. The quantitative estimate of drug-likeness (QED) is 0.537. The minimum absolute atomic E-state index is 0.0123. The zero-order chi connectivity index (χ0) is 20.6. The van der Waals surface area contributed by atoms with E-state index in [9.17, 15) is 4.79 Å². The highest BCUT2D eigenvalue weighted by Crippen LogP contribution is 2.28. The maximum Gasteiger partial charge on any atom is 0.234 e. The first-order chi connectivity index (χ1) is 14.1. The third-order valence-corrected chi connectivity index (χ3v) is 6.77. The Kier molecular flexibility index (Phi) is 8.16. The van der Waals surface area contributed by atoms with E-state index < -0.39 is 0 Å². The summed E-state index contributed by atoms with van der Waals surface area (Å²) in [6.45, 7) is 7.29. The van der Waals surface area contributed by atoms with Crippen molar-refractivity contribution < 1.29 is 4.79 Å². The monoisotopic (exact) mass is 414 g/mol. The first-order valence-electron chi connectivity index (χ1n) is 11.0. The largest absolute Gasteiger partial charge is 0.325 e. The Morgan fingerprint density at radius 3 is 2.55 bits per heavy atom. The predicted molar refractivity (Wildman–Crippen MR) is 120 cm³/mol. The molecule has 6 heteroatoms. The van der Waals surface area contributed by atoms with Gasteiger partial charge in [0.25, 0.3) is 0 Å². The Balaban J connectivity index is 1.50. The lowest BCUT2D eigenvalue weighted by atomic mass is 9.86. The van der Waals surface area contributed by atoms with Gasteiger partial charge in [-0.05, 0) is 42.9 Å². The molecule has 1 saturated carbocycles. The van der Waals surface area contributed by atoms with Crippen LogP contribution in [-0.2, 0) is 17.8 Å². The number of amides is 1. The van der Waals surface area contributed by atoms with Crippen LogP contribution in [0.25, 0.3) is 0 Å². The number of rotatable bonds is 9. The summed E-state index contributed by atoms with van der Waals surface area (Å²) in [5.74, 6) is 2.72. The fourth-order valence-corrected chi connectivity index (χ4v) is 4.84. The van der Waals surface area contributed by atoms with Gasteiger partial charge in [0.2, 0.25) is 5.91 Å². The average molecular weight is 415 g/mol. The highest BCUT2D eigenvalue weighted by molar-refractivity contribution is 7.99. The van der Waals surface area contributed by atoms with Crippen molar-refractivity contribution in [2.75, 3.05) is 11.1 Å². The number of hydrogen-bond donors (Lipinski definition) is 1. The van der Waals surface area contributed by atoms with Crippen molar-refractivity contribution in [2.24, 2.45) is 5.92 Å². The van der Waals surface area contributed by atoms with Crippen LogP contribution in [0.5, 0.6) is 0 Å². The molecule has 1 amide bonds. The number of carbonyl (C=O) groups is 1. The van der Waals surface area contributed by atoms with Gasteiger partial charge in [0.05, 0.1) is 5.75 Å². The molecule has 1 N–H and O–H groups in total. The van der Waals surface area contributed by atoms with E-state index in [0.717, 1.165) is 35.6 Å². The molecule has 0 unspecified atom stereocenters. The van der Waals surface area contributed by atoms with Gasteiger partial charge in [0, 0.05) is 18.7 Å². The normalized spacial score (nSPS) is 15.0.